The van der Waals surface area contributed by atoms with Crippen molar-refractivity contribution in [3.8, 4) is 0 Å². The zero-order valence-corrected chi connectivity index (χ0v) is 9.67. The van der Waals surface area contributed by atoms with Gasteiger partial charge in [0.25, 0.3) is 0 Å². The van der Waals surface area contributed by atoms with Crippen LogP contribution in [0.3, 0.4) is 0 Å². The molecule has 0 fully saturated rings. The fraction of sp³-hybridized carbons (Fsp3) is 0.200. The minimum atomic E-state index is -0.343. The van der Waals surface area contributed by atoms with Crippen molar-refractivity contribution in [1.82, 2.24) is 9.97 Å². The van der Waals surface area contributed by atoms with E-state index >= 15 is 0 Å². The van der Waals surface area contributed by atoms with E-state index in [0.29, 0.717) is 12.2 Å². The van der Waals surface area contributed by atoms with Crippen LogP contribution in [-0.4, -0.2) is 22.5 Å². The van der Waals surface area contributed by atoms with Gasteiger partial charge in [-0.2, -0.15) is 0 Å². The van der Waals surface area contributed by atoms with Crippen LogP contribution in [0.15, 0.2) is 22.9 Å². The first kappa shape index (κ1) is 10.2. The molecule has 0 aliphatic carbocycles. The standard InChI is InChI=1S/C10H9BrN2O2/c1-2-15-10(14)7-3-6-4-8(11)13-9(6)12-5-7/h3-5H,2H2,1H3,(H,12,13). The van der Waals surface area contributed by atoms with E-state index in [1.807, 2.05) is 6.07 Å². The van der Waals surface area contributed by atoms with Gasteiger partial charge in [0.15, 0.2) is 0 Å². The molecule has 0 saturated carbocycles. The van der Waals surface area contributed by atoms with Crippen LogP contribution in [0.1, 0.15) is 17.3 Å². The highest BCUT2D eigenvalue weighted by atomic mass is 79.9. The lowest BCUT2D eigenvalue weighted by molar-refractivity contribution is 0.0526. The van der Waals surface area contributed by atoms with E-state index in [1.54, 1.807) is 13.0 Å². The summed E-state index contributed by atoms with van der Waals surface area (Å²) in [7, 11) is 0. The fourth-order valence-electron chi connectivity index (χ4n) is 1.31. The predicted octanol–water partition coefficient (Wildman–Crippen LogP) is 2.50. The first-order valence-corrected chi connectivity index (χ1v) is 5.31. The summed E-state index contributed by atoms with van der Waals surface area (Å²) in [4.78, 5) is 18.5. The number of hydrogen-bond donors (Lipinski definition) is 1. The summed E-state index contributed by atoms with van der Waals surface area (Å²) in [5.74, 6) is -0.343. The number of aromatic amines is 1. The van der Waals surface area contributed by atoms with Crippen LogP contribution in [0, 0.1) is 0 Å². The van der Waals surface area contributed by atoms with Crippen molar-refractivity contribution in [2.45, 2.75) is 6.92 Å². The minimum absolute atomic E-state index is 0.343. The van der Waals surface area contributed by atoms with E-state index in [9.17, 15) is 4.79 Å². The molecular formula is C10H9BrN2O2. The van der Waals surface area contributed by atoms with Gasteiger partial charge in [0.05, 0.1) is 16.8 Å². The third kappa shape index (κ3) is 2.02. The summed E-state index contributed by atoms with van der Waals surface area (Å²) < 4.78 is 5.72. The Bertz CT molecular complexity index is 507. The lowest BCUT2D eigenvalue weighted by Gasteiger charge is -2.00. The third-order valence-corrected chi connectivity index (χ3v) is 2.38. The Balaban J connectivity index is 2.41. The molecule has 2 heterocycles. The molecule has 0 spiro atoms. The Hall–Kier alpha value is -1.36. The monoisotopic (exact) mass is 268 g/mol. The number of fused-ring (bicyclic) bond motifs is 1. The normalized spacial score (nSPS) is 10.5. The van der Waals surface area contributed by atoms with Crippen molar-refractivity contribution in [3.63, 3.8) is 0 Å². The van der Waals surface area contributed by atoms with Crippen molar-refractivity contribution in [2.24, 2.45) is 0 Å². The fourth-order valence-corrected chi connectivity index (χ4v) is 1.74. The molecule has 0 radical (unpaired) electrons. The molecule has 0 aromatic carbocycles. The number of carbonyl (C=O) groups excluding carboxylic acids is 1. The van der Waals surface area contributed by atoms with E-state index < -0.39 is 0 Å². The minimum Gasteiger partial charge on any atom is -0.462 e. The maximum atomic E-state index is 11.4. The molecular weight excluding hydrogens is 260 g/mol. The first-order valence-electron chi connectivity index (χ1n) is 4.52. The summed E-state index contributed by atoms with van der Waals surface area (Å²) in [5.41, 5.74) is 1.21. The summed E-state index contributed by atoms with van der Waals surface area (Å²) in [6.07, 6.45) is 1.50. The quantitative estimate of drug-likeness (QED) is 0.852. The molecule has 15 heavy (non-hydrogen) atoms. The van der Waals surface area contributed by atoms with Crippen molar-refractivity contribution in [2.75, 3.05) is 6.61 Å². The van der Waals surface area contributed by atoms with Gasteiger partial charge in [-0.1, -0.05) is 0 Å². The van der Waals surface area contributed by atoms with E-state index in [0.717, 1.165) is 15.6 Å². The molecule has 0 unspecified atom stereocenters. The summed E-state index contributed by atoms with van der Waals surface area (Å²) >= 11 is 3.31. The zero-order chi connectivity index (χ0) is 10.8. The predicted molar refractivity (Wildman–Crippen MR) is 59.8 cm³/mol. The number of nitrogens with zero attached hydrogens (tertiary/aromatic N) is 1. The third-order valence-electron chi connectivity index (χ3n) is 1.95. The molecule has 0 amide bonds. The van der Waals surface area contributed by atoms with Gasteiger partial charge in [0.2, 0.25) is 0 Å². The Morgan fingerprint density at radius 1 is 1.60 bits per heavy atom. The Labute approximate surface area is 94.8 Å². The molecule has 2 rings (SSSR count). The summed E-state index contributed by atoms with van der Waals surface area (Å²) in [6, 6.07) is 3.62. The lowest BCUT2D eigenvalue weighted by Crippen LogP contribution is -2.04. The number of carbonyl (C=O) groups is 1. The van der Waals surface area contributed by atoms with Crippen LogP contribution in [0.2, 0.25) is 0 Å². The number of H-pyrrole nitrogens is 1. The van der Waals surface area contributed by atoms with Gasteiger partial charge >= 0.3 is 5.97 Å². The van der Waals surface area contributed by atoms with Crippen molar-refractivity contribution >= 4 is 32.9 Å². The molecule has 78 valence electrons. The number of aromatic nitrogens is 2. The Morgan fingerprint density at radius 2 is 2.40 bits per heavy atom. The van der Waals surface area contributed by atoms with Crippen LogP contribution >= 0.6 is 15.9 Å². The van der Waals surface area contributed by atoms with E-state index in [1.165, 1.54) is 6.20 Å². The van der Waals surface area contributed by atoms with Gasteiger partial charge in [-0.05, 0) is 35.0 Å². The van der Waals surface area contributed by atoms with Crippen molar-refractivity contribution in [1.29, 1.82) is 0 Å². The van der Waals surface area contributed by atoms with Crippen LogP contribution in [-0.2, 0) is 4.74 Å². The van der Waals surface area contributed by atoms with Crippen LogP contribution in [0.25, 0.3) is 11.0 Å². The van der Waals surface area contributed by atoms with Gasteiger partial charge in [0.1, 0.15) is 5.65 Å². The molecule has 5 heteroatoms. The second kappa shape index (κ2) is 4.02. The molecule has 1 N–H and O–H groups in total. The Morgan fingerprint density at radius 3 is 3.13 bits per heavy atom. The zero-order valence-electron chi connectivity index (χ0n) is 8.08. The molecule has 2 aromatic heterocycles. The number of hydrogen-bond acceptors (Lipinski definition) is 3. The highest BCUT2D eigenvalue weighted by Gasteiger charge is 2.08. The number of esters is 1. The average Bonchev–Trinajstić information content (AvgIpc) is 2.57. The second-order valence-electron chi connectivity index (χ2n) is 3.00. The number of nitrogens with one attached hydrogen (secondary N) is 1. The Kier molecular flexibility index (Phi) is 2.73. The van der Waals surface area contributed by atoms with Crippen molar-refractivity contribution < 1.29 is 9.53 Å². The molecule has 2 aromatic rings. The highest BCUT2D eigenvalue weighted by Crippen LogP contribution is 2.18. The number of rotatable bonds is 2. The van der Waals surface area contributed by atoms with E-state index in [2.05, 4.69) is 25.9 Å². The second-order valence-corrected chi connectivity index (χ2v) is 3.85. The van der Waals surface area contributed by atoms with Gasteiger partial charge < -0.3 is 9.72 Å². The topological polar surface area (TPSA) is 55.0 Å². The molecule has 0 saturated heterocycles. The van der Waals surface area contributed by atoms with E-state index in [-0.39, 0.29) is 5.97 Å². The first-order chi connectivity index (χ1) is 7.20. The number of ether oxygens (including phenoxy) is 1. The lowest BCUT2D eigenvalue weighted by atomic mass is 10.2. The number of pyridine rings is 1. The molecule has 0 atom stereocenters. The largest absolute Gasteiger partial charge is 0.462 e. The molecule has 0 aliphatic heterocycles. The molecule has 4 nitrogen and oxygen atoms in total. The van der Waals surface area contributed by atoms with Gasteiger partial charge in [0, 0.05) is 11.6 Å². The smallest absolute Gasteiger partial charge is 0.339 e. The van der Waals surface area contributed by atoms with Crippen LogP contribution < -0.4 is 0 Å². The number of halogens is 1. The van der Waals surface area contributed by atoms with E-state index in [4.69, 9.17) is 4.74 Å². The van der Waals surface area contributed by atoms with Gasteiger partial charge in [-0.15, -0.1) is 0 Å². The molecule has 0 bridgehead atoms. The summed E-state index contributed by atoms with van der Waals surface area (Å²) in [5, 5.41) is 0.882. The van der Waals surface area contributed by atoms with Gasteiger partial charge in [-0.3, -0.25) is 0 Å². The average molecular weight is 269 g/mol. The van der Waals surface area contributed by atoms with Crippen LogP contribution in [0.5, 0.6) is 0 Å². The van der Waals surface area contributed by atoms with Crippen molar-refractivity contribution in [3.05, 3.63) is 28.5 Å². The van der Waals surface area contributed by atoms with Gasteiger partial charge in [-0.25, -0.2) is 9.78 Å². The summed E-state index contributed by atoms with van der Waals surface area (Å²) in [6.45, 7) is 2.14. The highest BCUT2D eigenvalue weighted by molar-refractivity contribution is 9.10. The maximum Gasteiger partial charge on any atom is 0.339 e. The van der Waals surface area contributed by atoms with Crippen LogP contribution in [0.4, 0.5) is 0 Å². The maximum absolute atomic E-state index is 11.4. The SMILES string of the molecule is CCOC(=O)c1cnc2[nH]c(Br)cc2c1. The molecule has 0 aliphatic rings.